The Hall–Kier alpha value is -0.630. The lowest BCUT2D eigenvalue weighted by atomic mass is 9.86. The topological polar surface area (TPSA) is 29.1 Å². The smallest absolute Gasteiger partial charge is 0.149 e. The molecule has 1 fully saturated rings. The van der Waals surface area contributed by atoms with Gasteiger partial charge in [-0.25, -0.2) is 0 Å². The van der Waals surface area contributed by atoms with Gasteiger partial charge in [-0.1, -0.05) is 25.3 Å². The summed E-state index contributed by atoms with van der Waals surface area (Å²) in [4.78, 5) is 11.6. The normalized spacial score (nSPS) is 18.5. The molecular formula is C11H19NO. The lowest BCUT2D eigenvalue weighted by Crippen LogP contribution is -2.29. The summed E-state index contributed by atoms with van der Waals surface area (Å²) in [5.74, 6) is 0.729. The quantitative estimate of drug-likeness (QED) is 0.518. The van der Waals surface area contributed by atoms with Gasteiger partial charge >= 0.3 is 0 Å². The number of hydrogen-bond acceptors (Lipinski definition) is 2. The largest absolute Gasteiger partial charge is 0.307 e. The van der Waals surface area contributed by atoms with Crippen LogP contribution in [0.25, 0.3) is 0 Å². The Labute approximate surface area is 80.4 Å². The minimum absolute atomic E-state index is 0.339. The zero-order valence-electron chi connectivity index (χ0n) is 8.22. The number of carbonyl (C=O) groups excluding carboxylic acids is 1. The number of hydrogen-bond donors (Lipinski definition) is 1. The first-order chi connectivity index (χ1) is 6.34. The summed E-state index contributed by atoms with van der Waals surface area (Å²) in [5, 5.41) is 3.06. The zero-order chi connectivity index (χ0) is 9.52. The first-order valence-corrected chi connectivity index (χ1v) is 5.19. The number of ketones is 1. The van der Waals surface area contributed by atoms with Crippen LogP contribution in [0.4, 0.5) is 0 Å². The molecule has 13 heavy (non-hydrogen) atoms. The predicted molar refractivity (Wildman–Crippen MR) is 54.6 cm³/mol. The van der Waals surface area contributed by atoms with E-state index in [2.05, 4.69) is 11.9 Å². The van der Waals surface area contributed by atoms with Gasteiger partial charge in [0.05, 0.1) is 6.54 Å². The maximum Gasteiger partial charge on any atom is 0.149 e. The van der Waals surface area contributed by atoms with Gasteiger partial charge < -0.3 is 5.32 Å². The standard InChI is InChI=1S/C11H19NO/c1-2-8-12-9-11(13)10-6-4-3-5-7-10/h2,10,12H,1,3-9H2. The fourth-order valence-electron chi connectivity index (χ4n) is 1.87. The highest BCUT2D eigenvalue weighted by atomic mass is 16.1. The van der Waals surface area contributed by atoms with Crippen LogP contribution in [0.15, 0.2) is 12.7 Å². The molecule has 0 amide bonds. The molecule has 0 spiro atoms. The third-order valence-corrected chi connectivity index (χ3v) is 2.65. The summed E-state index contributed by atoms with van der Waals surface area (Å²) < 4.78 is 0. The van der Waals surface area contributed by atoms with E-state index in [4.69, 9.17) is 0 Å². The van der Waals surface area contributed by atoms with E-state index in [1.54, 1.807) is 6.08 Å². The van der Waals surface area contributed by atoms with Gasteiger partial charge in [0.2, 0.25) is 0 Å². The van der Waals surface area contributed by atoms with Gasteiger partial charge in [-0.15, -0.1) is 6.58 Å². The van der Waals surface area contributed by atoms with Crippen LogP contribution in [-0.4, -0.2) is 18.9 Å². The zero-order valence-corrected chi connectivity index (χ0v) is 8.22. The molecule has 0 bridgehead atoms. The molecule has 1 saturated carbocycles. The molecule has 0 radical (unpaired) electrons. The van der Waals surface area contributed by atoms with Gasteiger partial charge in [0.1, 0.15) is 5.78 Å². The molecule has 0 aromatic rings. The fraction of sp³-hybridized carbons (Fsp3) is 0.727. The summed E-state index contributed by atoms with van der Waals surface area (Å²) >= 11 is 0. The van der Waals surface area contributed by atoms with Crippen molar-refractivity contribution in [2.45, 2.75) is 32.1 Å². The van der Waals surface area contributed by atoms with Crippen LogP contribution >= 0.6 is 0 Å². The molecule has 2 nitrogen and oxygen atoms in total. The molecule has 0 unspecified atom stereocenters. The number of carbonyl (C=O) groups is 1. The molecule has 0 aromatic heterocycles. The van der Waals surface area contributed by atoms with Gasteiger partial charge in [-0.2, -0.15) is 0 Å². The second kappa shape index (κ2) is 5.92. The van der Waals surface area contributed by atoms with Gasteiger partial charge in [-0.05, 0) is 12.8 Å². The summed E-state index contributed by atoms with van der Waals surface area (Å²) in [6.07, 6.45) is 7.77. The van der Waals surface area contributed by atoms with Crippen LogP contribution in [0.1, 0.15) is 32.1 Å². The van der Waals surface area contributed by atoms with E-state index in [-0.39, 0.29) is 0 Å². The van der Waals surface area contributed by atoms with E-state index >= 15 is 0 Å². The van der Waals surface area contributed by atoms with Crippen molar-refractivity contribution in [3.63, 3.8) is 0 Å². The molecule has 1 aliphatic carbocycles. The van der Waals surface area contributed by atoms with E-state index in [0.717, 1.165) is 19.4 Å². The summed E-state index contributed by atoms with van der Waals surface area (Å²) in [6, 6.07) is 0. The second-order valence-corrected chi connectivity index (χ2v) is 3.72. The Balaban J connectivity index is 2.17. The first kappa shape index (κ1) is 10.5. The van der Waals surface area contributed by atoms with Crippen LogP contribution in [0.3, 0.4) is 0 Å². The van der Waals surface area contributed by atoms with E-state index in [9.17, 15) is 4.79 Å². The third kappa shape index (κ3) is 3.73. The summed E-state index contributed by atoms with van der Waals surface area (Å²) in [5.41, 5.74) is 0. The minimum atomic E-state index is 0.339. The fourth-order valence-corrected chi connectivity index (χ4v) is 1.87. The maximum atomic E-state index is 11.6. The van der Waals surface area contributed by atoms with Crippen molar-refractivity contribution >= 4 is 5.78 Å². The molecule has 74 valence electrons. The van der Waals surface area contributed by atoms with Crippen molar-refractivity contribution in [3.8, 4) is 0 Å². The number of Topliss-reactive ketones (excluding diaryl/α,β-unsaturated/α-hetero) is 1. The highest BCUT2D eigenvalue weighted by Crippen LogP contribution is 2.23. The predicted octanol–water partition coefficient (Wildman–Crippen LogP) is 1.91. The number of nitrogens with one attached hydrogen (secondary N) is 1. The molecule has 0 aromatic carbocycles. The molecule has 0 atom stereocenters. The van der Waals surface area contributed by atoms with Crippen LogP contribution in [0, 0.1) is 5.92 Å². The van der Waals surface area contributed by atoms with Crippen LogP contribution in [0.5, 0.6) is 0 Å². The lowest BCUT2D eigenvalue weighted by Gasteiger charge is -2.20. The molecule has 1 N–H and O–H groups in total. The molecule has 0 aliphatic heterocycles. The average molecular weight is 181 g/mol. The molecular weight excluding hydrogens is 162 g/mol. The monoisotopic (exact) mass is 181 g/mol. The summed E-state index contributed by atoms with van der Waals surface area (Å²) in [6.45, 7) is 4.86. The van der Waals surface area contributed by atoms with Crippen molar-refractivity contribution in [1.29, 1.82) is 0 Å². The third-order valence-electron chi connectivity index (χ3n) is 2.65. The lowest BCUT2D eigenvalue weighted by molar-refractivity contribution is -0.122. The molecule has 2 heteroatoms. The molecule has 0 saturated heterocycles. The Morgan fingerprint density at radius 1 is 1.38 bits per heavy atom. The van der Waals surface area contributed by atoms with Crippen molar-refractivity contribution in [3.05, 3.63) is 12.7 Å². The van der Waals surface area contributed by atoms with Crippen LogP contribution < -0.4 is 5.32 Å². The summed E-state index contributed by atoms with van der Waals surface area (Å²) in [7, 11) is 0. The highest BCUT2D eigenvalue weighted by Gasteiger charge is 2.19. The van der Waals surface area contributed by atoms with Crippen molar-refractivity contribution in [1.82, 2.24) is 5.32 Å². The van der Waals surface area contributed by atoms with Gasteiger partial charge in [0, 0.05) is 12.5 Å². The average Bonchev–Trinajstić information content (AvgIpc) is 2.19. The highest BCUT2D eigenvalue weighted by molar-refractivity contribution is 5.83. The Kier molecular flexibility index (Phi) is 4.76. The first-order valence-electron chi connectivity index (χ1n) is 5.19. The van der Waals surface area contributed by atoms with Gasteiger partial charge in [-0.3, -0.25) is 4.79 Å². The number of rotatable bonds is 5. The molecule has 0 heterocycles. The minimum Gasteiger partial charge on any atom is -0.307 e. The van der Waals surface area contributed by atoms with Gasteiger partial charge in [0.15, 0.2) is 0 Å². The Morgan fingerprint density at radius 3 is 2.69 bits per heavy atom. The van der Waals surface area contributed by atoms with E-state index in [0.29, 0.717) is 18.2 Å². The van der Waals surface area contributed by atoms with E-state index < -0.39 is 0 Å². The van der Waals surface area contributed by atoms with Crippen molar-refractivity contribution in [2.24, 2.45) is 5.92 Å². The van der Waals surface area contributed by atoms with Gasteiger partial charge in [0.25, 0.3) is 0 Å². The van der Waals surface area contributed by atoms with Crippen molar-refractivity contribution in [2.75, 3.05) is 13.1 Å². The van der Waals surface area contributed by atoms with Crippen molar-refractivity contribution < 1.29 is 4.79 Å². The van der Waals surface area contributed by atoms with E-state index in [1.807, 2.05) is 0 Å². The Bertz CT molecular complexity index is 171. The van der Waals surface area contributed by atoms with E-state index in [1.165, 1.54) is 19.3 Å². The second-order valence-electron chi connectivity index (χ2n) is 3.72. The maximum absolute atomic E-state index is 11.6. The SMILES string of the molecule is C=CCNCC(=O)C1CCCCC1. The molecule has 1 rings (SSSR count). The van der Waals surface area contributed by atoms with Crippen LogP contribution in [-0.2, 0) is 4.79 Å². The molecule has 1 aliphatic rings. The Morgan fingerprint density at radius 2 is 2.08 bits per heavy atom. The van der Waals surface area contributed by atoms with Crippen LogP contribution in [0.2, 0.25) is 0 Å².